The smallest absolute Gasteiger partial charge is 0.319 e. The first-order valence-corrected chi connectivity index (χ1v) is 16.6. The van der Waals surface area contributed by atoms with Crippen molar-refractivity contribution in [2.75, 3.05) is 33.9 Å². The molecule has 1 heterocycles. The van der Waals surface area contributed by atoms with Gasteiger partial charge in [0.15, 0.2) is 0 Å². The third-order valence-corrected chi connectivity index (χ3v) is 8.05. The quantitative estimate of drug-likeness (QED) is 0.133. The van der Waals surface area contributed by atoms with Gasteiger partial charge < -0.3 is 30.1 Å². The Bertz CT molecular complexity index is 1750. The zero-order valence-corrected chi connectivity index (χ0v) is 29.1. The van der Waals surface area contributed by atoms with E-state index in [-0.39, 0.29) is 36.0 Å². The number of carbonyl (C=O) groups excluding carboxylic acids is 2. The number of nitrogens with one attached hydrogen (secondary N) is 2. The summed E-state index contributed by atoms with van der Waals surface area (Å²) in [6, 6.07) is 14.9. The van der Waals surface area contributed by atoms with Gasteiger partial charge in [0.25, 0.3) is 11.8 Å². The summed E-state index contributed by atoms with van der Waals surface area (Å²) in [6.45, 7) is 7.40. The van der Waals surface area contributed by atoms with Crippen molar-refractivity contribution in [3.63, 3.8) is 0 Å². The highest BCUT2D eigenvalue weighted by molar-refractivity contribution is 6.00. The number of aliphatic hydroxyl groups excluding tert-OH is 1. The lowest BCUT2D eigenvalue weighted by molar-refractivity contribution is 0.0755. The van der Waals surface area contributed by atoms with Crippen molar-refractivity contribution in [2.24, 2.45) is 0 Å². The van der Waals surface area contributed by atoms with Gasteiger partial charge in [0.05, 0.1) is 31.9 Å². The van der Waals surface area contributed by atoms with Crippen molar-refractivity contribution in [2.45, 2.75) is 58.7 Å². The molecule has 0 saturated carbocycles. The van der Waals surface area contributed by atoms with Gasteiger partial charge in [-0.15, -0.1) is 0 Å². The zero-order chi connectivity index (χ0) is 36.2. The minimum atomic E-state index is -1.15. The standard InChI is InChI=1S/C38H45F2N5O5/c1-6-11-45(12-7-2)37(48)29-14-24(3)13-28(19-29)35(47)43-33(18-26-16-30(39)20-31(40)17-26)34(46)23-41-21-25-9-8-10-27(15-25)32-22-42-38(50-5)44-36(32)49-4/h8-10,13-17,19-20,22,33-34,41,46H,6-7,11-12,18,21,23H2,1-5H3,(H,43,47)/t33-,34+/m0/s1. The van der Waals surface area contributed by atoms with E-state index in [9.17, 15) is 23.5 Å². The van der Waals surface area contributed by atoms with Crippen LogP contribution in [-0.4, -0.2) is 77.8 Å². The molecule has 0 unspecified atom stereocenters. The van der Waals surface area contributed by atoms with Crippen LogP contribution in [0, 0.1) is 18.6 Å². The van der Waals surface area contributed by atoms with Gasteiger partial charge in [-0.25, -0.2) is 13.8 Å². The number of hydrogen-bond acceptors (Lipinski definition) is 8. The van der Waals surface area contributed by atoms with Gasteiger partial charge in [0, 0.05) is 49.6 Å². The molecule has 4 rings (SSSR count). The van der Waals surface area contributed by atoms with Gasteiger partial charge in [0.2, 0.25) is 5.88 Å². The molecule has 12 heteroatoms. The van der Waals surface area contributed by atoms with E-state index in [2.05, 4.69) is 20.6 Å². The largest absolute Gasteiger partial charge is 0.480 e. The van der Waals surface area contributed by atoms with Gasteiger partial charge in [-0.2, -0.15) is 4.98 Å². The molecule has 0 fully saturated rings. The molecule has 0 spiro atoms. The van der Waals surface area contributed by atoms with E-state index in [1.807, 2.05) is 38.1 Å². The molecule has 0 radical (unpaired) electrons. The summed E-state index contributed by atoms with van der Waals surface area (Å²) in [5.74, 6) is -1.85. The number of amides is 2. The Morgan fingerprint density at radius 3 is 2.28 bits per heavy atom. The van der Waals surface area contributed by atoms with E-state index in [0.29, 0.717) is 36.6 Å². The summed E-state index contributed by atoms with van der Waals surface area (Å²) >= 11 is 0. The van der Waals surface area contributed by atoms with E-state index < -0.39 is 29.7 Å². The van der Waals surface area contributed by atoms with Crippen molar-refractivity contribution >= 4 is 11.8 Å². The van der Waals surface area contributed by atoms with E-state index >= 15 is 0 Å². The number of carbonyl (C=O) groups is 2. The first-order valence-electron chi connectivity index (χ1n) is 16.6. The summed E-state index contributed by atoms with van der Waals surface area (Å²) in [7, 11) is 2.98. The number of methoxy groups -OCH3 is 2. The van der Waals surface area contributed by atoms with Crippen LogP contribution in [0.5, 0.6) is 11.9 Å². The van der Waals surface area contributed by atoms with Crippen molar-refractivity contribution in [3.05, 3.63) is 106 Å². The van der Waals surface area contributed by atoms with E-state index in [0.717, 1.165) is 35.6 Å². The first-order chi connectivity index (χ1) is 24.0. The number of benzene rings is 3. The lowest BCUT2D eigenvalue weighted by Gasteiger charge is -2.25. The third kappa shape index (κ3) is 10.3. The molecule has 2 atom stereocenters. The summed E-state index contributed by atoms with van der Waals surface area (Å²) in [5.41, 5.74) is 4.00. The van der Waals surface area contributed by atoms with Crippen LogP contribution in [-0.2, 0) is 13.0 Å². The molecular weight excluding hydrogens is 644 g/mol. The fourth-order valence-electron chi connectivity index (χ4n) is 5.75. The maximum atomic E-state index is 14.1. The summed E-state index contributed by atoms with van der Waals surface area (Å²) in [5, 5.41) is 17.4. The molecule has 0 aliphatic rings. The molecule has 3 N–H and O–H groups in total. The Hall–Kier alpha value is -4.94. The summed E-state index contributed by atoms with van der Waals surface area (Å²) in [4.78, 5) is 37.2. The molecule has 0 aliphatic carbocycles. The number of hydrogen-bond donors (Lipinski definition) is 3. The molecule has 1 aromatic heterocycles. The van der Waals surface area contributed by atoms with Crippen LogP contribution in [0.4, 0.5) is 8.78 Å². The zero-order valence-electron chi connectivity index (χ0n) is 29.1. The Morgan fingerprint density at radius 1 is 0.920 bits per heavy atom. The topological polar surface area (TPSA) is 126 Å². The van der Waals surface area contributed by atoms with Gasteiger partial charge >= 0.3 is 6.01 Å². The normalized spacial score (nSPS) is 12.2. The maximum Gasteiger partial charge on any atom is 0.319 e. The monoisotopic (exact) mass is 689 g/mol. The number of nitrogens with zero attached hydrogens (tertiary/aromatic N) is 3. The molecule has 0 aliphatic heterocycles. The predicted molar refractivity (Wildman–Crippen MR) is 187 cm³/mol. The Labute approximate surface area is 291 Å². The van der Waals surface area contributed by atoms with Crippen LogP contribution in [0.2, 0.25) is 0 Å². The van der Waals surface area contributed by atoms with E-state index in [4.69, 9.17) is 9.47 Å². The number of halogens is 2. The van der Waals surface area contributed by atoms with Crippen LogP contribution in [0.3, 0.4) is 0 Å². The fraction of sp³-hybridized carbons (Fsp3) is 0.368. The highest BCUT2D eigenvalue weighted by Gasteiger charge is 2.24. The van der Waals surface area contributed by atoms with Gasteiger partial charge in [0.1, 0.15) is 11.6 Å². The fourth-order valence-corrected chi connectivity index (χ4v) is 5.75. The van der Waals surface area contributed by atoms with Crippen molar-refractivity contribution < 1.29 is 33.0 Å². The Balaban J connectivity index is 1.51. The summed E-state index contributed by atoms with van der Waals surface area (Å²) < 4.78 is 38.8. The van der Waals surface area contributed by atoms with Gasteiger partial charge in [-0.3, -0.25) is 9.59 Å². The van der Waals surface area contributed by atoms with Gasteiger partial charge in [-0.1, -0.05) is 32.0 Å². The van der Waals surface area contributed by atoms with Gasteiger partial charge in [-0.05, 0) is 84.8 Å². The van der Waals surface area contributed by atoms with Crippen molar-refractivity contribution in [1.82, 2.24) is 25.5 Å². The Kier molecular flexibility index (Phi) is 13.8. The molecule has 50 heavy (non-hydrogen) atoms. The molecule has 0 saturated heterocycles. The molecule has 10 nitrogen and oxygen atoms in total. The third-order valence-electron chi connectivity index (χ3n) is 8.05. The highest BCUT2D eigenvalue weighted by Crippen LogP contribution is 2.29. The summed E-state index contributed by atoms with van der Waals surface area (Å²) in [6.07, 6.45) is 2.02. The molecule has 4 aromatic rings. The molecule has 0 bridgehead atoms. The van der Waals surface area contributed by atoms with Crippen LogP contribution >= 0.6 is 0 Å². The second kappa shape index (κ2) is 18.2. The number of aromatic nitrogens is 2. The van der Waals surface area contributed by atoms with Crippen molar-refractivity contribution in [1.29, 1.82) is 0 Å². The Morgan fingerprint density at radius 2 is 1.62 bits per heavy atom. The molecule has 266 valence electrons. The molecule has 2 amide bonds. The SMILES string of the molecule is CCCN(CCC)C(=O)c1cc(C)cc(C(=O)N[C@@H](Cc2cc(F)cc(F)c2)[C@H](O)CNCc2cccc(-c3cnc(OC)nc3OC)c2)c1. The predicted octanol–water partition coefficient (Wildman–Crippen LogP) is 5.50. The molecule has 3 aromatic carbocycles. The van der Waals surface area contributed by atoms with Crippen molar-refractivity contribution in [3.8, 4) is 23.0 Å². The maximum absolute atomic E-state index is 14.1. The number of aliphatic hydroxyl groups is 1. The molecular formula is C38H45F2N5O5. The number of ether oxygens (including phenoxy) is 2. The highest BCUT2D eigenvalue weighted by atomic mass is 19.1. The van der Waals surface area contributed by atoms with Crippen LogP contribution in [0.25, 0.3) is 11.1 Å². The van der Waals surface area contributed by atoms with E-state index in [1.165, 1.54) is 26.4 Å². The lowest BCUT2D eigenvalue weighted by atomic mass is 9.99. The number of aryl methyl sites for hydroxylation is 1. The average molecular weight is 690 g/mol. The first kappa shape index (κ1) is 37.9. The van der Waals surface area contributed by atoms with Crippen LogP contribution in [0.1, 0.15) is 64.1 Å². The second-order valence-corrected chi connectivity index (χ2v) is 12.1. The second-order valence-electron chi connectivity index (χ2n) is 12.1. The van der Waals surface area contributed by atoms with Crippen LogP contribution < -0.4 is 20.1 Å². The van der Waals surface area contributed by atoms with E-state index in [1.54, 1.807) is 36.2 Å². The minimum Gasteiger partial charge on any atom is -0.480 e. The lowest BCUT2D eigenvalue weighted by Crippen LogP contribution is -2.48. The minimum absolute atomic E-state index is 0.0441. The number of rotatable bonds is 17. The average Bonchev–Trinajstić information content (AvgIpc) is 3.10. The van der Waals surface area contributed by atoms with Crippen LogP contribution in [0.15, 0.2) is 66.9 Å².